The molecule has 1 unspecified atom stereocenters. The van der Waals surface area contributed by atoms with Gasteiger partial charge < -0.3 is 24.0 Å². The Balaban J connectivity index is 1.34. The van der Waals surface area contributed by atoms with Gasteiger partial charge in [0.15, 0.2) is 5.84 Å². The predicted octanol–water partition coefficient (Wildman–Crippen LogP) is 17.5. The Bertz CT molecular complexity index is 5010. The van der Waals surface area contributed by atoms with Gasteiger partial charge in [-0.25, -0.2) is 9.98 Å². The van der Waals surface area contributed by atoms with Crippen molar-refractivity contribution in [2.75, 3.05) is 0 Å². The monoisotopic (exact) mass is 1050 g/mol. The van der Waals surface area contributed by atoms with Crippen molar-refractivity contribution in [3.05, 3.63) is 254 Å². The zero-order valence-electron chi connectivity index (χ0n) is 45.3. The summed E-state index contributed by atoms with van der Waals surface area (Å²) in [6.07, 6.45) is 6.90. The van der Waals surface area contributed by atoms with Gasteiger partial charge in [0.2, 0.25) is 0 Å². The number of amidine groups is 2. The summed E-state index contributed by atoms with van der Waals surface area (Å²) in [5.74, 6) is 14.1. The van der Waals surface area contributed by atoms with E-state index in [1.54, 1.807) is 0 Å². The molecule has 7 heteroatoms. The standard InChI is InChI=1S/C75H53N7/c1-3-4-28-49(2)77-75(78-74(76)51-31-8-5-6-9-32-51)69-68(50-29-10-7-11-30-50)70(79-60-41-20-12-33-52(60)53-34-13-21-42-61(53)79)72(81-64-45-24-16-37-56(64)57-38-17-25-46-65(57)81)73(82-66-47-26-18-39-58(66)59-40-19-27-48-67(59)82)71(69)80-62-43-22-14-35-54(62)55-36-15-23-44-63(55)80/h5,7-8,10-27,29-31,33-49H,3,32H2,1-2H3,(H2,76,77,78). The molecule has 0 saturated heterocycles. The molecule has 10 aromatic carbocycles. The van der Waals surface area contributed by atoms with E-state index in [0.29, 0.717) is 24.5 Å². The lowest BCUT2D eigenvalue weighted by Gasteiger charge is -2.31. The highest BCUT2D eigenvalue weighted by atomic mass is 15.2. The number of allylic oxidation sites excluding steroid dienone is 3. The van der Waals surface area contributed by atoms with Crippen LogP contribution in [0.4, 0.5) is 0 Å². The fourth-order valence-electron chi connectivity index (χ4n) is 12.8. The van der Waals surface area contributed by atoms with Gasteiger partial charge in [-0.3, -0.25) is 0 Å². The first kappa shape index (κ1) is 48.3. The van der Waals surface area contributed by atoms with Gasteiger partial charge >= 0.3 is 0 Å². The summed E-state index contributed by atoms with van der Waals surface area (Å²) in [7, 11) is 0. The van der Waals surface area contributed by atoms with Crippen LogP contribution < -0.4 is 5.73 Å². The molecule has 1 aliphatic rings. The highest BCUT2D eigenvalue weighted by Crippen LogP contribution is 2.52. The predicted molar refractivity (Wildman–Crippen MR) is 345 cm³/mol. The number of benzene rings is 10. The molecule has 82 heavy (non-hydrogen) atoms. The quantitative estimate of drug-likeness (QED) is 0.0919. The Morgan fingerprint density at radius 1 is 0.476 bits per heavy atom. The van der Waals surface area contributed by atoms with E-state index >= 15 is 0 Å². The van der Waals surface area contributed by atoms with Gasteiger partial charge in [-0.2, -0.15) is 0 Å². The second kappa shape index (κ2) is 19.8. The first-order chi connectivity index (χ1) is 40.6. The second-order valence-electron chi connectivity index (χ2n) is 20.8. The summed E-state index contributed by atoms with van der Waals surface area (Å²) in [5.41, 5.74) is 22.9. The molecular weight excluding hydrogens is 999 g/mol. The van der Waals surface area contributed by atoms with Gasteiger partial charge in [0.25, 0.3) is 0 Å². The normalized spacial score (nSPS) is 13.3. The van der Waals surface area contributed by atoms with Crippen molar-refractivity contribution in [1.29, 1.82) is 0 Å². The number of aromatic nitrogens is 4. The minimum atomic E-state index is -0.505. The molecule has 2 N–H and O–H groups in total. The van der Waals surface area contributed by atoms with E-state index in [1.807, 2.05) is 18.2 Å². The molecule has 14 aromatic rings. The number of aliphatic imine (C=N–C) groups is 2. The van der Waals surface area contributed by atoms with E-state index in [1.165, 1.54) is 0 Å². The van der Waals surface area contributed by atoms with E-state index in [4.69, 9.17) is 15.7 Å². The van der Waals surface area contributed by atoms with Gasteiger partial charge in [0.05, 0.1) is 72.4 Å². The first-order valence-corrected chi connectivity index (χ1v) is 28.1. The van der Waals surface area contributed by atoms with Crippen LogP contribution in [0.2, 0.25) is 0 Å². The summed E-state index contributed by atoms with van der Waals surface area (Å²) in [5, 5.41) is 9.01. The van der Waals surface area contributed by atoms with E-state index in [9.17, 15) is 0 Å². The smallest absolute Gasteiger partial charge is 0.161 e. The topological polar surface area (TPSA) is 70.5 Å². The number of para-hydroxylation sites is 8. The number of nitrogens with two attached hydrogens (primary N) is 1. The van der Waals surface area contributed by atoms with Crippen LogP contribution in [0.5, 0.6) is 0 Å². The lowest BCUT2D eigenvalue weighted by molar-refractivity contribution is 0.950. The van der Waals surface area contributed by atoms with Gasteiger partial charge in [-0.15, -0.1) is 5.92 Å². The summed E-state index contributed by atoms with van der Waals surface area (Å²) >= 11 is 0. The number of rotatable bonds is 8. The van der Waals surface area contributed by atoms with Crippen molar-refractivity contribution in [3.8, 4) is 57.6 Å². The van der Waals surface area contributed by atoms with Crippen molar-refractivity contribution in [1.82, 2.24) is 18.3 Å². The lowest BCUT2D eigenvalue weighted by Crippen LogP contribution is -2.23. The molecule has 4 aromatic heterocycles. The molecule has 388 valence electrons. The van der Waals surface area contributed by atoms with Gasteiger partial charge in [-0.05, 0) is 67.1 Å². The third-order valence-electron chi connectivity index (χ3n) is 16.1. The van der Waals surface area contributed by atoms with Gasteiger partial charge in [0.1, 0.15) is 11.9 Å². The Hall–Kier alpha value is -10.9. The van der Waals surface area contributed by atoms with Crippen LogP contribution in [0.3, 0.4) is 0 Å². The van der Waals surface area contributed by atoms with Crippen molar-refractivity contribution in [2.45, 2.75) is 32.7 Å². The van der Waals surface area contributed by atoms with Crippen molar-refractivity contribution < 1.29 is 0 Å². The number of hydrogen-bond acceptors (Lipinski definition) is 1. The molecule has 0 fully saturated rings. The third-order valence-corrected chi connectivity index (χ3v) is 16.1. The van der Waals surface area contributed by atoms with E-state index in [-0.39, 0.29) is 0 Å². The molecule has 1 aliphatic carbocycles. The zero-order valence-corrected chi connectivity index (χ0v) is 45.3. The Labute approximate surface area is 474 Å². The highest BCUT2D eigenvalue weighted by molar-refractivity contribution is 6.23. The van der Waals surface area contributed by atoms with Crippen LogP contribution in [0.1, 0.15) is 32.3 Å². The SMILES string of the molecule is CCC#CC(C)N=C(N=C(N)C1=CC=CC#CC1)c1c(-c2ccccc2)c(-n2c3ccccc3c3ccccc32)c(-n2c3ccccc3c3ccccc32)c(-n2c3ccccc3c3ccccc32)c1-n1c2ccccc2c2ccccc21. The molecule has 0 aliphatic heterocycles. The van der Waals surface area contributed by atoms with Crippen molar-refractivity contribution >= 4 is 98.9 Å². The van der Waals surface area contributed by atoms with Crippen LogP contribution in [0.25, 0.3) is 121 Å². The van der Waals surface area contributed by atoms with E-state index < -0.39 is 6.04 Å². The number of nitrogens with zero attached hydrogens (tertiary/aromatic N) is 6. The maximum Gasteiger partial charge on any atom is 0.161 e. The van der Waals surface area contributed by atoms with Crippen LogP contribution in [-0.2, 0) is 0 Å². The van der Waals surface area contributed by atoms with Crippen LogP contribution >= 0.6 is 0 Å². The average Bonchev–Trinajstić information content (AvgIpc) is 2.50. The lowest BCUT2D eigenvalue weighted by atomic mass is 9.91. The Morgan fingerprint density at radius 3 is 1.23 bits per heavy atom. The van der Waals surface area contributed by atoms with E-state index in [0.717, 1.165) is 132 Å². The molecule has 1 atom stereocenters. The molecule has 0 saturated carbocycles. The van der Waals surface area contributed by atoms with Crippen molar-refractivity contribution in [3.63, 3.8) is 0 Å². The van der Waals surface area contributed by atoms with Gasteiger partial charge in [-0.1, -0.05) is 213 Å². The molecule has 4 heterocycles. The largest absolute Gasteiger partial charge is 0.383 e. The molecule has 0 bridgehead atoms. The highest BCUT2D eigenvalue weighted by Gasteiger charge is 2.36. The minimum Gasteiger partial charge on any atom is -0.383 e. The molecule has 0 radical (unpaired) electrons. The van der Waals surface area contributed by atoms with E-state index in [2.05, 4.69) is 280 Å². The molecule has 0 amide bonds. The number of fused-ring (bicyclic) bond motifs is 12. The molecule has 0 spiro atoms. The molecule has 7 nitrogen and oxygen atoms in total. The Morgan fingerprint density at radius 2 is 0.829 bits per heavy atom. The fraction of sp³-hybridized carbons (Fsp3) is 0.0667. The summed E-state index contributed by atoms with van der Waals surface area (Å²) in [6.45, 7) is 4.13. The molecular formula is C75H53N7. The number of hydrogen-bond donors (Lipinski definition) is 1. The minimum absolute atomic E-state index is 0.325. The summed E-state index contributed by atoms with van der Waals surface area (Å²) in [4.78, 5) is 11.5. The zero-order chi connectivity index (χ0) is 54.8. The maximum atomic E-state index is 7.51. The Kier molecular flexibility index (Phi) is 11.7. The summed E-state index contributed by atoms with van der Waals surface area (Å²) in [6, 6.07) is 81.0. The van der Waals surface area contributed by atoms with Gasteiger partial charge in [0, 0.05) is 67.1 Å². The average molecular weight is 1050 g/mol. The van der Waals surface area contributed by atoms with Crippen LogP contribution in [0.15, 0.2) is 258 Å². The fourth-order valence-corrected chi connectivity index (χ4v) is 12.8. The van der Waals surface area contributed by atoms with Crippen LogP contribution in [-0.4, -0.2) is 36.0 Å². The second-order valence-corrected chi connectivity index (χ2v) is 20.8. The maximum absolute atomic E-state index is 7.51. The third kappa shape index (κ3) is 7.55. The summed E-state index contributed by atoms with van der Waals surface area (Å²) < 4.78 is 10.1. The molecule has 15 rings (SSSR count). The van der Waals surface area contributed by atoms with Crippen molar-refractivity contribution in [2.24, 2.45) is 15.7 Å². The van der Waals surface area contributed by atoms with Crippen LogP contribution in [0, 0.1) is 23.7 Å². The first-order valence-electron chi connectivity index (χ1n) is 28.1.